The lowest BCUT2D eigenvalue weighted by atomic mass is 9.85. The largest absolute Gasteiger partial charge is 0.394 e. The molecule has 0 amide bonds. The Morgan fingerprint density at radius 2 is 2.25 bits per heavy atom. The van der Waals surface area contributed by atoms with Crippen molar-refractivity contribution >= 4 is 0 Å². The van der Waals surface area contributed by atoms with Gasteiger partial charge < -0.3 is 10.4 Å². The maximum absolute atomic E-state index is 9.87. The van der Waals surface area contributed by atoms with E-state index in [-0.39, 0.29) is 12.1 Å². The van der Waals surface area contributed by atoms with E-state index >= 15 is 0 Å². The number of aryl methyl sites for hydroxylation is 3. The molecule has 2 rings (SSSR count). The first-order valence-electron chi connectivity index (χ1n) is 7.85. The first kappa shape index (κ1) is 15.4. The van der Waals surface area contributed by atoms with Crippen LogP contribution in [0.2, 0.25) is 0 Å². The molecule has 0 bridgehead atoms. The Kier molecular flexibility index (Phi) is 5.16. The van der Waals surface area contributed by atoms with Gasteiger partial charge in [-0.25, -0.2) is 4.98 Å². The van der Waals surface area contributed by atoms with E-state index in [1.807, 2.05) is 18.5 Å². The number of hydrogen-bond donors (Lipinski definition) is 2. The summed E-state index contributed by atoms with van der Waals surface area (Å²) in [7, 11) is 0. The van der Waals surface area contributed by atoms with Crippen LogP contribution in [0, 0.1) is 19.8 Å². The van der Waals surface area contributed by atoms with Gasteiger partial charge in [0.2, 0.25) is 0 Å². The molecule has 0 radical (unpaired) electrons. The molecular formula is C15H28N4O. The van der Waals surface area contributed by atoms with Gasteiger partial charge in [-0.1, -0.05) is 13.3 Å². The number of aliphatic hydroxyl groups is 1. The smallest absolute Gasteiger partial charge is 0.147 e. The third-order valence-corrected chi connectivity index (χ3v) is 4.62. The molecule has 1 aliphatic carbocycles. The lowest BCUT2D eigenvalue weighted by Gasteiger charge is -2.35. The molecule has 2 atom stereocenters. The van der Waals surface area contributed by atoms with Gasteiger partial charge in [0.25, 0.3) is 0 Å². The van der Waals surface area contributed by atoms with Crippen LogP contribution in [0.5, 0.6) is 0 Å². The number of hydrogen-bond acceptors (Lipinski definition) is 4. The quantitative estimate of drug-likeness (QED) is 0.799. The molecule has 1 saturated carbocycles. The minimum atomic E-state index is -0.0699. The Labute approximate surface area is 121 Å². The average Bonchev–Trinajstić information content (AvgIpc) is 2.98. The van der Waals surface area contributed by atoms with Gasteiger partial charge in [0.1, 0.15) is 11.6 Å². The van der Waals surface area contributed by atoms with Crippen molar-refractivity contribution in [3.8, 4) is 0 Å². The topological polar surface area (TPSA) is 63.0 Å². The molecule has 1 aromatic heterocycles. The summed E-state index contributed by atoms with van der Waals surface area (Å²) in [5.74, 6) is 2.35. The summed E-state index contributed by atoms with van der Waals surface area (Å²) >= 11 is 0. The standard InChI is InChI=1S/C15H28N4O/c1-4-9-16-15(11-20)8-5-6-14(15)7-10-19-13(3)17-12(2)18-19/h14,16,20H,4-11H2,1-3H3. The number of aliphatic hydroxyl groups excluding tert-OH is 1. The molecule has 5 nitrogen and oxygen atoms in total. The van der Waals surface area contributed by atoms with Gasteiger partial charge in [0.05, 0.1) is 6.61 Å². The van der Waals surface area contributed by atoms with E-state index in [0.29, 0.717) is 5.92 Å². The van der Waals surface area contributed by atoms with Crippen molar-refractivity contribution < 1.29 is 5.11 Å². The molecule has 0 saturated heterocycles. The van der Waals surface area contributed by atoms with Crippen molar-refractivity contribution in [1.82, 2.24) is 20.1 Å². The van der Waals surface area contributed by atoms with Crippen molar-refractivity contribution in [3.05, 3.63) is 11.6 Å². The fourth-order valence-electron chi connectivity index (χ4n) is 3.49. The monoisotopic (exact) mass is 280 g/mol. The van der Waals surface area contributed by atoms with Crippen molar-refractivity contribution in [2.75, 3.05) is 13.2 Å². The first-order valence-corrected chi connectivity index (χ1v) is 7.85. The fourth-order valence-corrected chi connectivity index (χ4v) is 3.49. The van der Waals surface area contributed by atoms with E-state index in [2.05, 4.69) is 22.3 Å². The molecule has 0 spiro atoms. The van der Waals surface area contributed by atoms with Gasteiger partial charge in [-0.15, -0.1) is 0 Å². The molecular weight excluding hydrogens is 252 g/mol. The van der Waals surface area contributed by atoms with Crippen LogP contribution in [0.4, 0.5) is 0 Å². The summed E-state index contributed by atoms with van der Waals surface area (Å²) in [5, 5.41) is 17.9. The first-order chi connectivity index (χ1) is 9.61. The predicted molar refractivity (Wildman–Crippen MR) is 79.6 cm³/mol. The second-order valence-corrected chi connectivity index (χ2v) is 6.05. The van der Waals surface area contributed by atoms with Crippen molar-refractivity contribution in [3.63, 3.8) is 0 Å². The molecule has 0 aliphatic heterocycles. The van der Waals surface area contributed by atoms with Gasteiger partial charge in [0.15, 0.2) is 0 Å². The van der Waals surface area contributed by atoms with Crippen LogP contribution in [-0.2, 0) is 6.54 Å². The van der Waals surface area contributed by atoms with Crippen LogP contribution in [-0.4, -0.2) is 38.6 Å². The Morgan fingerprint density at radius 3 is 2.85 bits per heavy atom. The molecule has 2 N–H and O–H groups in total. The van der Waals surface area contributed by atoms with E-state index in [0.717, 1.165) is 44.0 Å². The van der Waals surface area contributed by atoms with Crippen molar-refractivity contribution in [1.29, 1.82) is 0 Å². The summed E-state index contributed by atoms with van der Waals surface area (Å²) in [6.07, 6.45) is 5.65. The zero-order valence-corrected chi connectivity index (χ0v) is 13.0. The fraction of sp³-hybridized carbons (Fsp3) is 0.867. The Bertz CT molecular complexity index is 432. The highest BCUT2D eigenvalue weighted by Gasteiger charge is 2.41. The summed E-state index contributed by atoms with van der Waals surface area (Å²) < 4.78 is 2.00. The van der Waals surface area contributed by atoms with Crippen LogP contribution < -0.4 is 5.32 Å². The zero-order chi connectivity index (χ0) is 14.6. The third kappa shape index (κ3) is 3.20. The maximum atomic E-state index is 9.87. The van der Waals surface area contributed by atoms with E-state index < -0.39 is 0 Å². The van der Waals surface area contributed by atoms with Crippen LogP contribution in [0.1, 0.15) is 50.7 Å². The van der Waals surface area contributed by atoms with E-state index in [1.54, 1.807) is 0 Å². The Morgan fingerprint density at radius 1 is 1.45 bits per heavy atom. The Hall–Kier alpha value is -0.940. The zero-order valence-electron chi connectivity index (χ0n) is 13.0. The number of aromatic nitrogens is 3. The highest BCUT2D eigenvalue weighted by Crippen LogP contribution is 2.38. The molecule has 1 aliphatic rings. The minimum Gasteiger partial charge on any atom is -0.394 e. The van der Waals surface area contributed by atoms with Crippen molar-refractivity contribution in [2.24, 2.45) is 5.92 Å². The molecule has 1 fully saturated rings. The Balaban J connectivity index is 1.98. The molecule has 114 valence electrons. The predicted octanol–water partition coefficient (Wildman–Crippen LogP) is 1.82. The highest BCUT2D eigenvalue weighted by molar-refractivity contribution is 4.99. The van der Waals surface area contributed by atoms with Gasteiger partial charge in [0, 0.05) is 12.1 Å². The molecule has 0 aromatic carbocycles. The summed E-state index contributed by atoms with van der Waals surface area (Å²) in [5.41, 5.74) is -0.0699. The SMILES string of the molecule is CCCNC1(CO)CCCC1CCn1nc(C)nc1C. The molecule has 1 aromatic rings. The molecule has 20 heavy (non-hydrogen) atoms. The minimum absolute atomic E-state index is 0.0699. The van der Waals surface area contributed by atoms with E-state index in [4.69, 9.17) is 0 Å². The summed E-state index contributed by atoms with van der Waals surface area (Å²) in [4.78, 5) is 4.35. The van der Waals surface area contributed by atoms with E-state index in [9.17, 15) is 5.11 Å². The third-order valence-electron chi connectivity index (χ3n) is 4.62. The summed E-state index contributed by atoms with van der Waals surface area (Å²) in [6.45, 7) is 8.23. The lowest BCUT2D eigenvalue weighted by molar-refractivity contribution is 0.116. The van der Waals surface area contributed by atoms with Crippen LogP contribution in [0.3, 0.4) is 0 Å². The number of nitrogens with one attached hydrogen (secondary N) is 1. The van der Waals surface area contributed by atoms with Gasteiger partial charge in [-0.2, -0.15) is 5.10 Å². The molecule has 1 heterocycles. The lowest BCUT2D eigenvalue weighted by Crippen LogP contribution is -2.51. The normalized spacial score (nSPS) is 26.3. The van der Waals surface area contributed by atoms with Gasteiger partial charge in [-0.05, 0) is 52.0 Å². The average molecular weight is 280 g/mol. The van der Waals surface area contributed by atoms with Crippen LogP contribution in [0.25, 0.3) is 0 Å². The molecule has 5 heteroatoms. The van der Waals surface area contributed by atoms with E-state index in [1.165, 1.54) is 12.8 Å². The second kappa shape index (κ2) is 6.68. The van der Waals surface area contributed by atoms with Gasteiger partial charge >= 0.3 is 0 Å². The molecule has 2 unspecified atom stereocenters. The van der Waals surface area contributed by atoms with Crippen LogP contribution in [0.15, 0.2) is 0 Å². The van der Waals surface area contributed by atoms with Crippen LogP contribution >= 0.6 is 0 Å². The van der Waals surface area contributed by atoms with Gasteiger partial charge in [-0.3, -0.25) is 4.68 Å². The van der Waals surface area contributed by atoms with Crippen molar-refractivity contribution in [2.45, 2.75) is 65.0 Å². The second-order valence-electron chi connectivity index (χ2n) is 6.05. The highest BCUT2D eigenvalue weighted by atomic mass is 16.3. The number of nitrogens with zero attached hydrogens (tertiary/aromatic N) is 3. The summed E-state index contributed by atoms with van der Waals surface area (Å²) in [6, 6.07) is 0. The maximum Gasteiger partial charge on any atom is 0.147 e. The number of rotatable bonds is 7.